The molecule has 2 fully saturated rings. The van der Waals surface area contributed by atoms with Gasteiger partial charge in [0.25, 0.3) is 5.91 Å². The van der Waals surface area contributed by atoms with Gasteiger partial charge in [-0.25, -0.2) is 4.39 Å². The van der Waals surface area contributed by atoms with Crippen LogP contribution in [0.15, 0.2) is 36.5 Å². The van der Waals surface area contributed by atoms with Gasteiger partial charge in [0.15, 0.2) is 0 Å². The van der Waals surface area contributed by atoms with Crippen molar-refractivity contribution in [1.82, 2.24) is 25.4 Å². The van der Waals surface area contributed by atoms with Crippen molar-refractivity contribution in [2.24, 2.45) is 5.92 Å². The van der Waals surface area contributed by atoms with E-state index in [1.165, 1.54) is 24.3 Å². The number of aromatic nitrogens is 1. The van der Waals surface area contributed by atoms with E-state index < -0.39 is 59.6 Å². The second kappa shape index (κ2) is 16.4. The third-order valence-corrected chi connectivity index (χ3v) is 9.32. The van der Waals surface area contributed by atoms with Crippen molar-refractivity contribution >= 4 is 29.3 Å². The molecule has 1 aromatic carbocycles. The molecule has 11 nitrogen and oxygen atoms in total. The summed E-state index contributed by atoms with van der Waals surface area (Å²) in [4.78, 5) is 59.8. The van der Waals surface area contributed by atoms with Crippen LogP contribution in [0.25, 0.3) is 0 Å². The van der Waals surface area contributed by atoms with E-state index in [-0.39, 0.29) is 29.6 Å². The molecule has 4 rings (SSSR count). The molecule has 1 saturated carbocycles. The second-order valence-corrected chi connectivity index (χ2v) is 12.7. The van der Waals surface area contributed by atoms with Gasteiger partial charge in [0.2, 0.25) is 17.7 Å². The summed E-state index contributed by atoms with van der Waals surface area (Å²) in [6, 6.07) is 3.90. The third kappa shape index (κ3) is 8.90. The van der Waals surface area contributed by atoms with Gasteiger partial charge in [-0.1, -0.05) is 39.2 Å². The lowest BCUT2D eigenvalue weighted by atomic mass is 9.83. The number of aliphatic hydroxyl groups is 1. The number of piperazine rings is 1. The average molecular weight is 675 g/mol. The molecule has 2 aromatic rings. The highest BCUT2D eigenvalue weighted by Gasteiger charge is 2.44. The number of rotatable bonds is 12. The average Bonchev–Trinajstić information content (AvgIpc) is 3.10. The van der Waals surface area contributed by atoms with Crippen LogP contribution >= 0.6 is 0 Å². The Labute approximate surface area is 278 Å². The van der Waals surface area contributed by atoms with Crippen LogP contribution in [0.1, 0.15) is 75.1 Å². The molecule has 1 saturated heterocycles. The first-order valence-corrected chi connectivity index (χ1v) is 16.5. The summed E-state index contributed by atoms with van der Waals surface area (Å²) in [7, 11) is 1.96. The van der Waals surface area contributed by atoms with Gasteiger partial charge in [-0.05, 0) is 55.6 Å². The molecule has 0 bridgehead atoms. The molecule has 3 unspecified atom stereocenters. The normalized spacial score (nSPS) is 18.0. The predicted octanol–water partition coefficient (Wildman–Crippen LogP) is 3.28. The van der Waals surface area contributed by atoms with Gasteiger partial charge < -0.3 is 30.9 Å². The largest absolute Gasteiger partial charge is 0.390 e. The van der Waals surface area contributed by atoms with Gasteiger partial charge in [-0.3, -0.25) is 24.2 Å². The third-order valence-electron chi connectivity index (χ3n) is 9.32. The smallest absolute Gasteiger partial charge is 0.351 e. The first-order chi connectivity index (χ1) is 22.8. The number of benzene rings is 1. The minimum absolute atomic E-state index is 0.153. The molecule has 48 heavy (non-hydrogen) atoms. The van der Waals surface area contributed by atoms with Crippen LogP contribution in [-0.2, 0) is 31.7 Å². The number of nitrogens with zero attached hydrogens (tertiary/aromatic N) is 3. The summed E-state index contributed by atoms with van der Waals surface area (Å²) >= 11 is 0. The van der Waals surface area contributed by atoms with E-state index in [9.17, 15) is 19.2 Å². The molecule has 1 aromatic heterocycles. The van der Waals surface area contributed by atoms with Gasteiger partial charge in [0.1, 0.15) is 17.9 Å². The first-order valence-electron chi connectivity index (χ1n) is 16.5. The number of nitrogens with one attached hydrogen (secondary N) is 3. The Morgan fingerprint density at radius 3 is 2.29 bits per heavy atom. The van der Waals surface area contributed by atoms with E-state index in [1.807, 2.05) is 7.05 Å². The van der Waals surface area contributed by atoms with Gasteiger partial charge in [0.05, 0.1) is 18.0 Å². The molecular formula is C34H45F3N6O5. The number of anilines is 1. The molecule has 262 valence electrons. The van der Waals surface area contributed by atoms with Crippen molar-refractivity contribution in [3.63, 3.8) is 0 Å². The molecule has 0 radical (unpaired) electrons. The number of likely N-dealkylation sites (N-methyl/N-ethyl adjacent to an activating group) is 1. The van der Waals surface area contributed by atoms with Crippen molar-refractivity contribution < 1.29 is 37.5 Å². The molecule has 4 N–H and O–H groups in total. The summed E-state index contributed by atoms with van der Waals surface area (Å²) in [5.74, 6) is -9.03. The number of pyridine rings is 1. The molecule has 0 spiro atoms. The van der Waals surface area contributed by atoms with Crippen LogP contribution in [0.4, 0.5) is 18.9 Å². The van der Waals surface area contributed by atoms with Gasteiger partial charge in [-0.15, -0.1) is 0 Å². The molecule has 1 aliphatic heterocycles. The van der Waals surface area contributed by atoms with Gasteiger partial charge in [0, 0.05) is 50.3 Å². The Hall–Kier alpha value is -4.04. The molecule has 2 aliphatic rings. The lowest BCUT2D eigenvalue weighted by Gasteiger charge is -2.36. The highest BCUT2D eigenvalue weighted by molar-refractivity contribution is 5.98. The lowest BCUT2D eigenvalue weighted by molar-refractivity contribution is -0.149. The van der Waals surface area contributed by atoms with Crippen LogP contribution < -0.4 is 16.0 Å². The zero-order valence-electron chi connectivity index (χ0n) is 27.6. The summed E-state index contributed by atoms with van der Waals surface area (Å²) in [5.41, 5.74) is -0.358. The van der Waals surface area contributed by atoms with Crippen molar-refractivity contribution in [1.29, 1.82) is 0 Å². The van der Waals surface area contributed by atoms with Crippen LogP contribution in [0.2, 0.25) is 0 Å². The van der Waals surface area contributed by atoms with Crippen LogP contribution in [0.5, 0.6) is 0 Å². The zero-order valence-corrected chi connectivity index (χ0v) is 27.6. The molecule has 2 heterocycles. The van der Waals surface area contributed by atoms with Crippen LogP contribution in [-0.4, -0.2) is 88.8 Å². The van der Waals surface area contributed by atoms with Gasteiger partial charge >= 0.3 is 5.92 Å². The highest BCUT2D eigenvalue weighted by atomic mass is 19.3. The molecular weight excluding hydrogens is 629 g/mol. The maximum Gasteiger partial charge on any atom is 0.351 e. The second-order valence-electron chi connectivity index (χ2n) is 12.7. The Morgan fingerprint density at radius 2 is 1.71 bits per heavy atom. The minimum Gasteiger partial charge on any atom is -0.390 e. The Kier molecular flexibility index (Phi) is 12.6. The number of hydrogen-bond acceptors (Lipinski definition) is 7. The number of halogens is 3. The maximum absolute atomic E-state index is 15.6. The van der Waals surface area contributed by atoms with Gasteiger partial charge in [-0.2, -0.15) is 8.78 Å². The Morgan fingerprint density at radius 1 is 1.02 bits per heavy atom. The quantitative estimate of drug-likeness (QED) is 0.271. The lowest BCUT2D eigenvalue weighted by Crippen LogP contribution is -2.55. The first kappa shape index (κ1) is 36.8. The number of alkyl halides is 2. The number of amides is 4. The SMILES string of the molecule is CCC(=O)NC(C(=O)N1CCN(C)CC1)C(C)c1ccc(NC(=O)C(NC(=O)C(F)(F)c2ccc(CO)nc2)C2CCCCC2)c(F)c1. The molecule has 3 atom stereocenters. The van der Waals surface area contributed by atoms with E-state index in [0.717, 1.165) is 31.5 Å². The fourth-order valence-corrected chi connectivity index (χ4v) is 6.15. The van der Waals surface area contributed by atoms with Crippen molar-refractivity contribution in [3.05, 3.63) is 59.2 Å². The Balaban J connectivity index is 1.52. The minimum atomic E-state index is -4.03. The topological polar surface area (TPSA) is 144 Å². The summed E-state index contributed by atoms with van der Waals surface area (Å²) in [6.45, 7) is 5.30. The number of aliphatic hydroxyl groups excluding tert-OH is 1. The van der Waals surface area contributed by atoms with E-state index >= 15 is 13.2 Å². The summed E-state index contributed by atoms with van der Waals surface area (Å²) < 4.78 is 45.9. The van der Waals surface area contributed by atoms with Crippen LogP contribution in [0, 0.1) is 11.7 Å². The molecule has 14 heteroatoms. The van der Waals surface area contributed by atoms with E-state index in [1.54, 1.807) is 18.7 Å². The molecule has 4 amide bonds. The summed E-state index contributed by atoms with van der Waals surface area (Å²) in [6.07, 6.45) is 4.39. The van der Waals surface area contributed by atoms with Crippen molar-refractivity contribution in [3.8, 4) is 0 Å². The fraction of sp³-hybridized carbons (Fsp3) is 0.559. The number of carbonyl (C=O) groups is 4. The van der Waals surface area contributed by atoms with E-state index in [4.69, 9.17) is 5.11 Å². The highest BCUT2D eigenvalue weighted by Crippen LogP contribution is 2.32. The molecule has 1 aliphatic carbocycles. The number of carbonyl (C=O) groups excluding carboxylic acids is 4. The summed E-state index contributed by atoms with van der Waals surface area (Å²) in [5, 5.41) is 16.6. The Bertz CT molecular complexity index is 1450. The van der Waals surface area contributed by atoms with Crippen molar-refractivity contribution in [2.45, 2.75) is 82.9 Å². The fourth-order valence-electron chi connectivity index (χ4n) is 6.15. The standard InChI is InChI=1S/C34H45F3N6O5/c1-4-28(45)40-29(32(47)43-16-14-42(3)15-17-43)21(2)23-10-13-27(26(35)18-23)39-31(46)30(22-8-6-5-7-9-22)41-33(48)34(36,37)24-11-12-25(20-44)38-19-24/h10-13,18-19,21-22,29-30,44H,4-9,14-17,20H2,1-3H3,(H,39,46)(H,40,45)(H,41,48). The van der Waals surface area contributed by atoms with Crippen LogP contribution in [0.3, 0.4) is 0 Å². The number of hydrogen-bond donors (Lipinski definition) is 4. The maximum atomic E-state index is 15.6. The predicted molar refractivity (Wildman–Crippen MR) is 172 cm³/mol. The van der Waals surface area contributed by atoms with Crippen molar-refractivity contribution in [2.75, 3.05) is 38.5 Å². The zero-order chi connectivity index (χ0) is 35.0. The van der Waals surface area contributed by atoms with E-state index in [0.29, 0.717) is 44.6 Å². The van der Waals surface area contributed by atoms with E-state index in [2.05, 4.69) is 25.8 Å². The monoisotopic (exact) mass is 674 g/mol.